The van der Waals surface area contributed by atoms with Crippen molar-refractivity contribution in [1.82, 2.24) is 10.2 Å². The number of carbonyl (C=O) groups is 2. The topological polar surface area (TPSA) is 86.8 Å². The summed E-state index contributed by atoms with van der Waals surface area (Å²) in [5.41, 5.74) is 1.01. The predicted octanol–water partition coefficient (Wildman–Crippen LogP) is 4.79. The van der Waals surface area contributed by atoms with Crippen LogP contribution in [0.5, 0.6) is 0 Å². The highest BCUT2D eigenvalue weighted by molar-refractivity contribution is 7.92. The number of halogens is 3. The van der Waals surface area contributed by atoms with Crippen LogP contribution in [0.1, 0.15) is 32.8 Å². The van der Waals surface area contributed by atoms with E-state index in [2.05, 4.69) is 5.32 Å². The Balaban J connectivity index is 2.43. The first kappa shape index (κ1) is 29.2. The maximum Gasteiger partial charge on any atom is 0.244 e. The lowest BCUT2D eigenvalue weighted by Crippen LogP contribution is -2.54. The Morgan fingerprint density at radius 2 is 1.60 bits per heavy atom. The highest BCUT2D eigenvalue weighted by Crippen LogP contribution is 2.35. The summed E-state index contributed by atoms with van der Waals surface area (Å²) >= 11 is 18.4. The molecule has 0 aliphatic rings. The molecular formula is C24H30Cl3N3O4S. The molecular weight excluding hydrogens is 533 g/mol. The molecule has 2 amide bonds. The van der Waals surface area contributed by atoms with Gasteiger partial charge < -0.3 is 10.2 Å². The molecule has 0 aromatic heterocycles. The summed E-state index contributed by atoms with van der Waals surface area (Å²) in [6.07, 6.45) is 1.81. The molecule has 1 atom stereocenters. The van der Waals surface area contributed by atoms with Gasteiger partial charge >= 0.3 is 0 Å². The molecule has 0 fully saturated rings. The van der Waals surface area contributed by atoms with Gasteiger partial charge in [0.2, 0.25) is 21.8 Å². The van der Waals surface area contributed by atoms with Crippen molar-refractivity contribution in [3.63, 3.8) is 0 Å². The molecule has 0 aliphatic heterocycles. The summed E-state index contributed by atoms with van der Waals surface area (Å²) in [6.45, 7) is 5.13. The second-order valence-corrected chi connectivity index (χ2v) is 11.5. The zero-order valence-electron chi connectivity index (χ0n) is 20.1. The summed E-state index contributed by atoms with van der Waals surface area (Å²) in [5, 5.41) is 3.12. The van der Waals surface area contributed by atoms with E-state index in [9.17, 15) is 18.0 Å². The van der Waals surface area contributed by atoms with Crippen LogP contribution in [0.15, 0.2) is 42.5 Å². The second-order valence-electron chi connectivity index (χ2n) is 8.40. The Labute approximate surface area is 222 Å². The van der Waals surface area contributed by atoms with E-state index in [1.165, 1.54) is 17.0 Å². The third-order valence-corrected chi connectivity index (χ3v) is 7.39. The average molecular weight is 563 g/mol. The number of anilines is 1. The molecule has 11 heteroatoms. The van der Waals surface area contributed by atoms with Crippen molar-refractivity contribution < 1.29 is 18.0 Å². The van der Waals surface area contributed by atoms with E-state index in [0.29, 0.717) is 12.8 Å². The molecule has 7 nitrogen and oxygen atoms in total. The second kappa shape index (κ2) is 12.8. The van der Waals surface area contributed by atoms with Crippen LogP contribution in [0.3, 0.4) is 0 Å². The molecule has 0 radical (unpaired) electrons. The van der Waals surface area contributed by atoms with Crippen LogP contribution in [0, 0.1) is 0 Å². The number of benzene rings is 2. The molecule has 0 heterocycles. The predicted molar refractivity (Wildman–Crippen MR) is 143 cm³/mol. The third kappa shape index (κ3) is 8.27. The van der Waals surface area contributed by atoms with Crippen molar-refractivity contribution in [2.45, 2.75) is 45.7 Å². The lowest BCUT2D eigenvalue weighted by atomic mass is 10.1. The van der Waals surface area contributed by atoms with Gasteiger partial charge in [-0.05, 0) is 44.4 Å². The molecule has 0 unspecified atom stereocenters. The van der Waals surface area contributed by atoms with E-state index >= 15 is 0 Å². The van der Waals surface area contributed by atoms with Gasteiger partial charge in [-0.15, -0.1) is 0 Å². The lowest BCUT2D eigenvalue weighted by Gasteiger charge is -2.33. The van der Waals surface area contributed by atoms with Crippen LogP contribution < -0.4 is 9.62 Å². The number of amides is 2. The number of carbonyl (C=O) groups excluding carboxylic acids is 2. The molecule has 0 saturated heterocycles. The molecule has 2 aromatic carbocycles. The number of nitrogens with zero attached hydrogens (tertiary/aromatic N) is 2. The first-order valence-corrected chi connectivity index (χ1v) is 14.1. The number of hydrogen-bond donors (Lipinski definition) is 1. The molecule has 2 rings (SSSR count). The zero-order chi connectivity index (χ0) is 26.3. The van der Waals surface area contributed by atoms with Gasteiger partial charge in [0.1, 0.15) is 12.6 Å². The molecule has 2 aromatic rings. The maximum atomic E-state index is 13.6. The van der Waals surface area contributed by atoms with Crippen LogP contribution in [0.25, 0.3) is 0 Å². The molecule has 0 saturated carbocycles. The first-order valence-electron chi connectivity index (χ1n) is 11.1. The van der Waals surface area contributed by atoms with Gasteiger partial charge in [-0.3, -0.25) is 13.9 Å². The van der Waals surface area contributed by atoms with Crippen molar-refractivity contribution >= 4 is 62.3 Å². The molecule has 0 bridgehead atoms. The van der Waals surface area contributed by atoms with E-state index in [4.69, 9.17) is 34.8 Å². The fraction of sp³-hybridized carbons (Fsp3) is 0.417. The summed E-state index contributed by atoms with van der Waals surface area (Å²) < 4.78 is 26.2. The number of rotatable bonds is 11. The average Bonchev–Trinajstić information content (AvgIpc) is 2.76. The van der Waals surface area contributed by atoms with E-state index in [0.717, 1.165) is 16.1 Å². The Morgan fingerprint density at radius 1 is 1.00 bits per heavy atom. The van der Waals surface area contributed by atoms with Crippen LogP contribution in [-0.2, 0) is 26.0 Å². The summed E-state index contributed by atoms with van der Waals surface area (Å²) in [6, 6.07) is 11.3. The van der Waals surface area contributed by atoms with Gasteiger partial charge in [0.25, 0.3) is 0 Å². The quantitative estimate of drug-likeness (QED) is 0.399. The number of hydrogen-bond acceptors (Lipinski definition) is 4. The Bertz CT molecular complexity index is 1140. The highest BCUT2D eigenvalue weighted by Gasteiger charge is 2.32. The Morgan fingerprint density at radius 3 is 2.14 bits per heavy atom. The fourth-order valence-corrected chi connectivity index (χ4v) is 5.12. The molecule has 1 N–H and O–H groups in total. The minimum Gasteiger partial charge on any atom is -0.352 e. The molecule has 0 aliphatic carbocycles. The van der Waals surface area contributed by atoms with Crippen LogP contribution in [0.4, 0.5) is 5.69 Å². The van der Waals surface area contributed by atoms with Crippen molar-refractivity contribution in [3.8, 4) is 0 Å². The first-order chi connectivity index (χ1) is 16.3. The summed E-state index contributed by atoms with van der Waals surface area (Å²) in [5.74, 6) is -0.846. The SMILES string of the molecule is CC[C@H](C(=O)NC(C)C)N(CCc1ccccc1)C(=O)CN(c1cc(Cl)c(Cl)cc1Cl)S(C)(=O)=O. The van der Waals surface area contributed by atoms with Crippen LogP contribution in [-0.4, -0.2) is 56.6 Å². The zero-order valence-corrected chi connectivity index (χ0v) is 23.2. The summed E-state index contributed by atoms with van der Waals surface area (Å²) in [7, 11) is -3.94. The van der Waals surface area contributed by atoms with Crippen molar-refractivity contribution in [2.24, 2.45) is 0 Å². The van der Waals surface area contributed by atoms with Crippen molar-refractivity contribution in [3.05, 3.63) is 63.1 Å². The van der Waals surface area contributed by atoms with Crippen LogP contribution >= 0.6 is 34.8 Å². The molecule has 0 spiro atoms. The van der Waals surface area contributed by atoms with E-state index in [-0.39, 0.29) is 39.2 Å². The van der Waals surface area contributed by atoms with Gasteiger partial charge in [-0.25, -0.2) is 8.42 Å². The molecule has 35 heavy (non-hydrogen) atoms. The minimum atomic E-state index is -3.94. The number of sulfonamides is 1. The smallest absolute Gasteiger partial charge is 0.244 e. The lowest BCUT2D eigenvalue weighted by molar-refractivity contribution is -0.139. The van der Waals surface area contributed by atoms with E-state index in [1.54, 1.807) is 6.92 Å². The molecule has 192 valence electrons. The maximum absolute atomic E-state index is 13.6. The van der Waals surface area contributed by atoms with E-state index < -0.39 is 28.5 Å². The van der Waals surface area contributed by atoms with Gasteiger partial charge in [-0.2, -0.15) is 0 Å². The van der Waals surface area contributed by atoms with Gasteiger partial charge in [0, 0.05) is 12.6 Å². The fourth-order valence-electron chi connectivity index (χ4n) is 3.57. The monoisotopic (exact) mass is 561 g/mol. The Kier molecular flexibility index (Phi) is 10.7. The highest BCUT2D eigenvalue weighted by atomic mass is 35.5. The van der Waals surface area contributed by atoms with E-state index in [1.807, 2.05) is 44.2 Å². The number of nitrogens with one attached hydrogen (secondary N) is 1. The summed E-state index contributed by atoms with van der Waals surface area (Å²) in [4.78, 5) is 28.0. The Hall–Kier alpha value is -2.00. The van der Waals surface area contributed by atoms with Crippen molar-refractivity contribution in [1.29, 1.82) is 0 Å². The standard InChI is InChI=1S/C24H30Cl3N3O4S/c1-5-21(24(32)28-16(2)3)29(12-11-17-9-7-6-8-10-17)23(31)15-30(35(4,33)34)22-14-19(26)18(25)13-20(22)27/h6-10,13-14,16,21H,5,11-12,15H2,1-4H3,(H,28,32)/t21-/m1/s1. The van der Waals surface area contributed by atoms with Crippen LogP contribution in [0.2, 0.25) is 15.1 Å². The third-order valence-electron chi connectivity index (χ3n) is 5.24. The normalized spacial score (nSPS) is 12.3. The largest absolute Gasteiger partial charge is 0.352 e. The van der Waals surface area contributed by atoms with Crippen molar-refractivity contribution in [2.75, 3.05) is 23.7 Å². The van der Waals surface area contributed by atoms with Gasteiger partial charge in [-0.1, -0.05) is 72.1 Å². The van der Waals surface area contributed by atoms with Gasteiger partial charge in [0.05, 0.1) is 27.0 Å². The van der Waals surface area contributed by atoms with Gasteiger partial charge in [0.15, 0.2) is 0 Å². The minimum absolute atomic E-state index is 0.0260.